The van der Waals surface area contributed by atoms with Crippen LogP contribution in [0.15, 0.2) is 42.5 Å². The second-order valence-electron chi connectivity index (χ2n) is 7.03. The van der Waals surface area contributed by atoms with Gasteiger partial charge in [-0.1, -0.05) is 29.8 Å². The maximum Gasteiger partial charge on any atom is 0.350 e. The minimum Gasteiger partial charge on any atom is -0.485 e. The van der Waals surface area contributed by atoms with Gasteiger partial charge in [0, 0.05) is 17.6 Å². The van der Waals surface area contributed by atoms with Crippen LogP contribution in [-0.4, -0.2) is 43.0 Å². The number of halogens is 1. The summed E-state index contributed by atoms with van der Waals surface area (Å²) in [6, 6.07) is 13.0. The molecule has 2 aromatic rings. The van der Waals surface area contributed by atoms with E-state index in [1.165, 1.54) is 0 Å². The third-order valence-corrected chi connectivity index (χ3v) is 4.89. The molecule has 0 saturated carbocycles. The van der Waals surface area contributed by atoms with Crippen LogP contribution >= 0.6 is 11.6 Å². The van der Waals surface area contributed by atoms with Crippen LogP contribution in [0.5, 0.6) is 11.5 Å². The van der Waals surface area contributed by atoms with Crippen molar-refractivity contribution in [2.24, 2.45) is 0 Å². The Morgan fingerprint density at radius 3 is 2.90 bits per heavy atom. The molecule has 3 atom stereocenters. The summed E-state index contributed by atoms with van der Waals surface area (Å²) in [5.41, 5.74) is 1.85. The first kappa shape index (κ1) is 21.4. The van der Waals surface area contributed by atoms with Gasteiger partial charge in [-0.2, -0.15) is 0 Å². The summed E-state index contributed by atoms with van der Waals surface area (Å²) in [6.07, 6.45) is -0.613. The standard InChI is InChI=1S/C22H26ClNO5/c1-3-27-22(26)21-13-28-20-10-15(7-8-19(20)29-21)9-14(2)24-12-18(25)16-5-4-6-17(23)11-16/h4-8,10-11,14,18,21,24-25H,3,9,12-13H2,1-2H3/t14-,18+,21+/m1/s1. The molecule has 0 amide bonds. The predicted molar refractivity (Wildman–Crippen MR) is 111 cm³/mol. The molecule has 3 rings (SSSR count). The minimum absolute atomic E-state index is 0.134. The molecule has 0 fully saturated rings. The Bertz CT molecular complexity index is 844. The first-order valence-corrected chi connectivity index (χ1v) is 10.1. The largest absolute Gasteiger partial charge is 0.485 e. The highest BCUT2D eigenvalue weighted by Gasteiger charge is 2.28. The van der Waals surface area contributed by atoms with E-state index in [1.54, 1.807) is 19.1 Å². The molecule has 1 aliphatic heterocycles. The van der Waals surface area contributed by atoms with E-state index >= 15 is 0 Å². The molecular formula is C22H26ClNO5. The van der Waals surface area contributed by atoms with Crippen molar-refractivity contribution >= 4 is 17.6 Å². The third kappa shape index (κ3) is 5.85. The number of rotatable bonds is 8. The molecule has 2 aromatic carbocycles. The molecule has 0 saturated heterocycles. The lowest BCUT2D eigenvalue weighted by atomic mass is 10.0. The van der Waals surface area contributed by atoms with Gasteiger partial charge in [-0.25, -0.2) is 4.79 Å². The van der Waals surface area contributed by atoms with E-state index in [9.17, 15) is 9.90 Å². The van der Waals surface area contributed by atoms with Crippen molar-refractivity contribution in [3.63, 3.8) is 0 Å². The Morgan fingerprint density at radius 2 is 2.14 bits per heavy atom. The van der Waals surface area contributed by atoms with Crippen molar-refractivity contribution in [1.82, 2.24) is 5.32 Å². The number of benzene rings is 2. The Labute approximate surface area is 175 Å². The van der Waals surface area contributed by atoms with Gasteiger partial charge in [-0.15, -0.1) is 0 Å². The van der Waals surface area contributed by atoms with Gasteiger partial charge in [0.15, 0.2) is 11.5 Å². The second-order valence-corrected chi connectivity index (χ2v) is 7.47. The van der Waals surface area contributed by atoms with Gasteiger partial charge >= 0.3 is 5.97 Å². The van der Waals surface area contributed by atoms with Crippen LogP contribution in [0.1, 0.15) is 31.1 Å². The van der Waals surface area contributed by atoms with Gasteiger partial charge in [0.25, 0.3) is 0 Å². The molecular weight excluding hydrogens is 394 g/mol. The fourth-order valence-electron chi connectivity index (χ4n) is 3.16. The summed E-state index contributed by atoms with van der Waals surface area (Å²) in [4.78, 5) is 11.8. The normalized spacial score (nSPS) is 17.4. The van der Waals surface area contributed by atoms with Crippen LogP contribution in [0.3, 0.4) is 0 Å². The fraction of sp³-hybridized carbons (Fsp3) is 0.409. The van der Waals surface area contributed by atoms with E-state index in [4.69, 9.17) is 25.8 Å². The fourth-order valence-corrected chi connectivity index (χ4v) is 3.36. The van der Waals surface area contributed by atoms with E-state index in [0.29, 0.717) is 29.7 Å². The lowest BCUT2D eigenvalue weighted by molar-refractivity contribution is -0.153. The summed E-state index contributed by atoms with van der Waals surface area (Å²) in [6.45, 7) is 4.67. The topological polar surface area (TPSA) is 77.0 Å². The number of aliphatic hydroxyl groups is 1. The van der Waals surface area contributed by atoms with Crippen LogP contribution in [0.2, 0.25) is 5.02 Å². The van der Waals surface area contributed by atoms with Gasteiger partial charge in [0.05, 0.1) is 12.7 Å². The number of carbonyl (C=O) groups excluding carboxylic acids is 1. The van der Waals surface area contributed by atoms with Crippen molar-refractivity contribution in [2.75, 3.05) is 19.8 Å². The smallest absolute Gasteiger partial charge is 0.350 e. The van der Waals surface area contributed by atoms with Gasteiger partial charge in [-0.3, -0.25) is 0 Å². The summed E-state index contributed by atoms with van der Waals surface area (Å²) in [5.74, 6) is 0.738. The van der Waals surface area contributed by atoms with Crippen molar-refractivity contribution in [3.8, 4) is 11.5 Å². The zero-order valence-corrected chi connectivity index (χ0v) is 17.3. The average Bonchev–Trinajstić information content (AvgIpc) is 2.71. The van der Waals surface area contributed by atoms with E-state index in [2.05, 4.69) is 12.2 Å². The number of hydrogen-bond acceptors (Lipinski definition) is 6. The highest BCUT2D eigenvalue weighted by Crippen LogP contribution is 2.33. The molecule has 1 heterocycles. The molecule has 0 unspecified atom stereocenters. The summed E-state index contributed by atoms with van der Waals surface area (Å²) >= 11 is 5.98. The van der Waals surface area contributed by atoms with Crippen LogP contribution in [0.25, 0.3) is 0 Å². The average molecular weight is 420 g/mol. The number of aliphatic hydroxyl groups excluding tert-OH is 1. The molecule has 29 heavy (non-hydrogen) atoms. The lowest BCUT2D eigenvalue weighted by Crippen LogP contribution is -2.38. The first-order valence-electron chi connectivity index (χ1n) is 9.72. The molecule has 0 aliphatic carbocycles. The maximum atomic E-state index is 11.8. The second kappa shape index (κ2) is 9.96. The van der Waals surface area contributed by atoms with Crippen molar-refractivity contribution in [3.05, 3.63) is 58.6 Å². The van der Waals surface area contributed by atoms with Gasteiger partial charge in [0.1, 0.15) is 6.61 Å². The molecule has 6 nitrogen and oxygen atoms in total. The zero-order chi connectivity index (χ0) is 20.8. The molecule has 156 valence electrons. The van der Waals surface area contributed by atoms with Gasteiger partial charge < -0.3 is 24.6 Å². The van der Waals surface area contributed by atoms with Crippen LogP contribution in [-0.2, 0) is 16.0 Å². The lowest BCUT2D eigenvalue weighted by Gasteiger charge is -2.25. The number of carbonyl (C=O) groups is 1. The van der Waals surface area contributed by atoms with Crippen LogP contribution in [0.4, 0.5) is 0 Å². The Kier molecular flexibility index (Phi) is 7.36. The molecule has 1 aliphatic rings. The highest BCUT2D eigenvalue weighted by atomic mass is 35.5. The zero-order valence-electron chi connectivity index (χ0n) is 16.6. The molecule has 0 bridgehead atoms. The van der Waals surface area contributed by atoms with Crippen molar-refractivity contribution in [2.45, 2.75) is 38.5 Å². The number of fused-ring (bicyclic) bond motifs is 1. The van der Waals surface area contributed by atoms with Crippen LogP contribution < -0.4 is 14.8 Å². The molecule has 0 spiro atoms. The van der Waals surface area contributed by atoms with E-state index in [1.807, 2.05) is 30.3 Å². The Morgan fingerprint density at radius 1 is 1.31 bits per heavy atom. The third-order valence-electron chi connectivity index (χ3n) is 4.65. The first-order chi connectivity index (χ1) is 14.0. The monoisotopic (exact) mass is 419 g/mol. The quantitative estimate of drug-likeness (QED) is 0.639. The Hall–Kier alpha value is -2.28. The molecule has 0 radical (unpaired) electrons. The van der Waals surface area contributed by atoms with E-state index < -0.39 is 18.2 Å². The highest BCUT2D eigenvalue weighted by molar-refractivity contribution is 6.30. The number of nitrogens with one attached hydrogen (secondary N) is 1. The minimum atomic E-state index is -0.734. The van der Waals surface area contributed by atoms with Crippen molar-refractivity contribution < 1.29 is 24.1 Å². The number of esters is 1. The molecule has 7 heteroatoms. The maximum absolute atomic E-state index is 11.8. The number of ether oxygens (including phenoxy) is 3. The van der Waals surface area contributed by atoms with Crippen molar-refractivity contribution in [1.29, 1.82) is 0 Å². The number of hydrogen-bond donors (Lipinski definition) is 2. The SMILES string of the molecule is CCOC(=O)[C@@H]1COc2cc(C[C@@H](C)NC[C@H](O)c3cccc(Cl)c3)ccc2O1. The summed E-state index contributed by atoms with van der Waals surface area (Å²) < 4.78 is 16.4. The molecule has 0 aromatic heterocycles. The van der Waals surface area contributed by atoms with E-state index in [-0.39, 0.29) is 12.6 Å². The summed E-state index contributed by atoms with van der Waals surface area (Å²) in [5, 5.41) is 14.3. The van der Waals surface area contributed by atoms with Gasteiger partial charge in [-0.05, 0) is 55.7 Å². The van der Waals surface area contributed by atoms with Crippen LogP contribution in [0, 0.1) is 0 Å². The Balaban J connectivity index is 1.52. The van der Waals surface area contributed by atoms with E-state index in [0.717, 1.165) is 17.5 Å². The summed E-state index contributed by atoms with van der Waals surface area (Å²) in [7, 11) is 0. The van der Waals surface area contributed by atoms with Gasteiger partial charge in [0.2, 0.25) is 6.10 Å². The predicted octanol–water partition coefficient (Wildman–Crippen LogP) is 3.30. The molecule has 2 N–H and O–H groups in total.